The number of anilines is 3. The van der Waals surface area contributed by atoms with Crippen LogP contribution in [0.1, 0.15) is 22.3 Å². The smallest absolute Gasteiger partial charge is 0.0713 e. The van der Waals surface area contributed by atoms with Crippen LogP contribution >= 0.6 is 0 Å². The SMILES string of the molecule is c1ccc(-c2ccc(N(c3ccc(-c4ccc5c6ccccc6n(-c6ccccc6)c5c4)cc3)c3ccc(C4(c5ccccc5)c5ccccc5-c5ccccc54)cc3)cc2)cc1. The summed E-state index contributed by atoms with van der Waals surface area (Å²) >= 11 is 0. The molecule has 1 aliphatic carbocycles. The fourth-order valence-electron chi connectivity index (χ4n) is 10.3. The van der Waals surface area contributed by atoms with Crippen molar-refractivity contribution in [3.05, 3.63) is 277 Å². The van der Waals surface area contributed by atoms with Crippen molar-refractivity contribution >= 4 is 38.9 Å². The average Bonchev–Trinajstić information content (AvgIpc) is 3.86. The van der Waals surface area contributed by atoms with Crippen LogP contribution in [0, 0.1) is 0 Å². The third-order valence-electron chi connectivity index (χ3n) is 13.1. The highest BCUT2D eigenvalue weighted by molar-refractivity contribution is 6.10. The molecule has 0 N–H and O–H groups in total. The molecule has 2 nitrogen and oxygen atoms in total. The van der Waals surface area contributed by atoms with Gasteiger partial charge in [0.25, 0.3) is 0 Å². The highest BCUT2D eigenvalue weighted by Gasteiger charge is 2.45. The zero-order valence-electron chi connectivity index (χ0n) is 34.6. The molecule has 0 saturated carbocycles. The summed E-state index contributed by atoms with van der Waals surface area (Å²) in [6, 6.07) is 93.1. The third kappa shape index (κ3) is 5.95. The lowest BCUT2D eigenvalue weighted by atomic mass is 9.68. The largest absolute Gasteiger partial charge is 0.311 e. The standard InChI is InChI=1S/C61H42N2/c1-4-16-43(17-5-1)44-28-35-50(36-29-44)62(51-37-30-45(31-38-51)46-32-41-56-55-24-12-15-27-59(55)63(60(56)42-46)49-20-8-3-9-21-49)52-39-33-48(34-40-52)61(47-18-6-2-7-19-47)57-25-13-10-22-53(57)54-23-11-14-26-58(54)61/h1-42H. The van der Waals surface area contributed by atoms with Crippen LogP contribution in [0.3, 0.4) is 0 Å². The second kappa shape index (κ2) is 15.1. The maximum Gasteiger partial charge on any atom is 0.0713 e. The van der Waals surface area contributed by atoms with Crippen LogP contribution in [0.25, 0.3) is 60.9 Å². The van der Waals surface area contributed by atoms with Gasteiger partial charge in [-0.2, -0.15) is 0 Å². The number of nitrogens with zero attached hydrogens (tertiary/aromatic N) is 2. The van der Waals surface area contributed by atoms with Gasteiger partial charge in [0.05, 0.1) is 16.4 Å². The maximum absolute atomic E-state index is 2.39. The summed E-state index contributed by atoms with van der Waals surface area (Å²) < 4.78 is 2.39. The number of hydrogen-bond acceptors (Lipinski definition) is 1. The molecule has 0 radical (unpaired) electrons. The van der Waals surface area contributed by atoms with Gasteiger partial charge < -0.3 is 9.47 Å². The Morgan fingerprint density at radius 3 is 1.35 bits per heavy atom. The van der Waals surface area contributed by atoms with E-state index >= 15 is 0 Å². The number of fused-ring (bicyclic) bond motifs is 6. The van der Waals surface area contributed by atoms with E-state index in [-0.39, 0.29) is 0 Å². The lowest BCUT2D eigenvalue weighted by molar-refractivity contribution is 0.768. The van der Waals surface area contributed by atoms with Gasteiger partial charge in [-0.15, -0.1) is 0 Å². The summed E-state index contributed by atoms with van der Waals surface area (Å²) in [4.78, 5) is 2.38. The van der Waals surface area contributed by atoms with Gasteiger partial charge in [-0.25, -0.2) is 0 Å². The molecule has 11 aromatic rings. The molecular weight excluding hydrogens is 761 g/mol. The fourth-order valence-corrected chi connectivity index (χ4v) is 10.3. The van der Waals surface area contributed by atoms with E-state index in [4.69, 9.17) is 0 Å². The van der Waals surface area contributed by atoms with E-state index in [0.29, 0.717) is 0 Å². The Labute approximate surface area is 368 Å². The van der Waals surface area contributed by atoms with Crippen LogP contribution in [0.15, 0.2) is 255 Å². The predicted octanol–water partition coefficient (Wildman–Crippen LogP) is 16.0. The molecule has 0 bridgehead atoms. The highest BCUT2D eigenvalue weighted by atomic mass is 15.1. The zero-order chi connectivity index (χ0) is 41.7. The Balaban J connectivity index is 0.975. The van der Waals surface area contributed by atoms with E-state index in [9.17, 15) is 0 Å². The second-order valence-electron chi connectivity index (χ2n) is 16.5. The fraction of sp³-hybridized carbons (Fsp3) is 0.0164. The minimum absolute atomic E-state index is 0.454. The van der Waals surface area contributed by atoms with E-state index in [2.05, 4.69) is 264 Å². The van der Waals surface area contributed by atoms with Crippen molar-refractivity contribution < 1.29 is 0 Å². The van der Waals surface area contributed by atoms with E-state index in [1.165, 1.54) is 77.4 Å². The zero-order valence-corrected chi connectivity index (χ0v) is 34.6. The molecule has 296 valence electrons. The number of hydrogen-bond donors (Lipinski definition) is 0. The highest BCUT2D eigenvalue weighted by Crippen LogP contribution is 2.56. The third-order valence-corrected chi connectivity index (χ3v) is 13.1. The predicted molar refractivity (Wildman–Crippen MR) is 264 cm³/mol. The molecule has 1 aromatic heterocycles. The van der Waals surface area contributed by atoms with Gasteiger partial charge >= 0.3 is 0 Å². The van der Waals surface area contributed by atoms with Crippen molar-refractivity contribution in [1.29, 1.82) is 0 Å². The van der Waals surface area contributed by atoms with Crippen molar-refractivity contribution in [3.63, 3.8) is 0 Å². The molecule has 1 aliphatic rings. The van der Waals surface area contributed by atoms with E-state index < -0.39 is 5.41 Å². The Morgan fingerprint density at radius 1 is 0.302 bits per heavy atom. The van der Waals surface area contributed by atoms with Crippen LogP contribution in [0.2, 0.25) is 0 Å². The molecule has 0 unspecified atom stereocenters. The van der Waals surface area contributed by atoms with Gasteiger partial charge in [-0.3, -0.25) is 0 Å². The number of para-hydroxylation sites is 2. The lowest BCUT2D eigenvalue weighted by Gasteiger charge is -2.34. The van der Waals surface area contributed by atoms with E-state index in [0.717, 1.165) is 22.7 Å². The van der Waals surface area contributed by atoms with Gasteiger partial charge in [-0.1, -0.05) is 194 Å². The molecule has 12 rings (SSSR count). The Bertz CT molecular complexity index is 3360. The quantitative estimate of drug-likeness (QED) is 0.149. The minimum Gasteiger partial charge on any atom is -0.311 e. The molecule has 0 amide bonds. The monoisotopic (exact) mass is 802 g/mol. The number of aromatic nitrogens is 1. The first-order chi connectivity index (χ1) is 31.3. The molecule has 2 heteroatoms. The molecule has 63 heavy (non-hydrogen) atoms. The van der Waals surface area contributed by atoms with Crippen LogP contribution in [0.5, 0.6) is 0 Å². The first kappa shape index (κ1) is 36.6. The van der Waals surface area contributed by atoms with Crippen LogP contribution < -0.4 is 4.90 Å². The molecule has 0 spiro atoms. The molecule has 1 heterocycles. The van der Waals surface area contributed by atoms with Gasteiger partial charge in [0.2, 0.25) is 0 Å². The van der Waals surface area contributed by atoms with Crippen molar-refractivity contribution in [2.75, 3.05) is 4.90 Å². The van der Waals surface area contributed by atoms with Gasteiger partial charge in [0.15, 0.2) is 0 Å². The van der Waals surface area contributed by atoms with Crippen molar-refractivity contribution in [3.8, 4) is 39.1 Å². The van der Waals surface area contributed by atoms with E-state index in [1.54, 1.807) is 0 Å². The topological polar surface area (TPSA) is 8.17 Å². The summed E-state index contributed by atoms with van der Waals surface area (Å²) in [6.07, 6.45) is 0. The number of benzene rings is 10. The first-order valence-corrected chi connectivity index (χ1v) is 21.8. The van der Waals surface area contributed by atoms with E-state index in [1.807, 2.05) is 0 Å². The summed E-state index contributed by atoms with van der Waals surface area (Å²) in [5.41, 5.74) is 18.9. The van der Waals surface area contributed by atoms with Crippen LogP contribution in [-0.2, 0) is 5.41 Å². The molecule has 0 fully saturated rings. The van der Waals surface area contributed by atoms with Crippen LogP contribution in [-0.4, -0.2) is 4.57 Å². The van der Waals surface area contributed by atoms with Gasteiger partial charge in [-0.05, 0) is 116 Å². The Morgan fingerprint density at radius 2 is 0.730 bits per heavy atom. The van der Waals surface area contributed by atoms with Crippen molar-refractivity contribution in [2.45, 2.75) is 5.41 Å². The Kier molecular flexibility index (Phi) is 8.76. The summed E-state index contributed by atoms with van der Waals surface area (Å²) in [6.45, 7) is 0. The summed E-state index contributed by atoms with van der Waals surface area (Å²) in [5.74, 6) is 0. The number of rotatable bonds is 8. The minimum atomic E-state index is -0.454. The van der Waals surface area contributed by atoms with Crippen LogP contribution in [0.4, 0.5) is 17.1 Å². The molecular formula is C61H42N2. The summed E-state index contributed by atoms with van der Waals surface area (Å²) in [5, 5.41) is 2.51. The summed E-state index contributed by atoms with van der Waals surface area (Å²) in [7, 11) is 0. The molecule has 0 aliphatic heterocycles. The lowest BCUT2D eigenvalue weighted by Crippen LogP contribution is -2.28. The molecule has 10 aromatic carbocycles. The maximum atomic E-state index is 2.39. The van der Waals surface area contributed by atoms with Gasteiger partial charge in [0, 0.05) is 33.5 Å². The van der Waals surface area contributed by atoms with Gasteiger partial charge in [0.1, 0.15) is 0 Å². The Hall–Kier alpha value is -8.20. The average molecular weight is 803 g/mol. The van der Waals surface area contributed by atoms with Crippen molar-refractivity contribution in [2.24, 2.45) is 0 Å². The normalized spacial score (nSPS) is 12.6. The first-order valence-electron chi connectivity index (χ1n) is 21.8. The van der Waals surface area contributed by atoms with Crippen molar-refractivity contribution in [1.82, 2.24) is 4.57 Å². The second-order valence-corrected chi connectivity index (χ2v) is 16.5. The molecule has 0 saturated heterocycles. The molecule has 0 atom stereocenters.